The second-order valence-corrected chi connectivity index (χ2v) is 2.55. The smallest absolute Gasteiger partial charge is 0.138 e. The van der Waals surface area contributed by atoms with Crippen LogP contribution in [0.2, 0.25) is 0 Å². The molecule has 0 radical (unpaired) electrons. The van der Waals surface area contributed by atoms with E-state index in [9.17, 15) is 5.11 Å². The number of hydrogen-bond acceptors (Lipinski definition) is 3. The molecule has 0 saturated carbocycles. The average molecular weight is 155 g/mol. The van der Waals surface area contributed by atoms with Crippen LogP contribution in [0.3, 0.4) is 0 Å². The summed E-state index contributed by atoms with van der Waals surface area (Å²) in [6.07, 6.45) is 0.942. The summed E-state index contributed by atoms with van der Waals surface area (Å²) in [5, 5.41) is 12.3. The number of allylic oxidation sites excluding steroid dienone is 1. The molecule has 1 rings (SSSR count). The van der Waals surface area contributed by atoms with E-state index in [0.29, 0.717) is 18.8 Å². The van der Waals surface area contributed by atoms with E-state index in [2.05, 4.69) is 18.5 Å². The molecule has 1 aliphatic rings. The first-order valence-corrected chi connectivity index (χ1v) is 3.61. The lowest BCUT2D eigenvalue weighted by Gasteiger charge is -2.15. The summed E-state index contributed by atoms with van der Waals surface area (Å²) >= 11 is 0. The monoisotopic (exact) mass is 155 g/mol. The molecule has 1 heterocycles. The molecule has 0 aromatic rings. The number of hydrogen-bond donors (Lipinski definition) is 2. The van der Waals surface area contributed by atoms with Crippen LogP contribution in [-0.2, 0) is 4.74 Å². The van der Waals surface area contributed by atoms with E-state index >= 15 is 0 Å². The molecule has 11 heavy (non-hydrogen) atoms. The minimum Gasteiger partial charge on any atom is -0.487 e. The number of ether oxygens (including phenoxy) is 1. The third-order valence-electron chi connectivity index (χ3n) is 1.66. The van der Waals surface area contributed by atoms with Gasteiger partial charge < -0.3 is 15.2 Å². The van der Waals surface area contributed by atoms with Crippen LogP contribution >= 0.6 is 0 Å². The largest absolute Gasteiger partial charge is 0.487 e. The summed E-state index contributed by atoms with van der Waals surface area (Å²) in [6, 6.07) is 0. The molecule has 62 valence electrons. The van der Waals surface area contributed by atoms with Gasteiger partial charge in [-0.25, -0.2) is 0 Å². The highest BCUT2D eigenvalue weighted by Crippen LogP contribution is 2.08. The maximum absolute atomic E-state index is 9.27. The van der Waals surface area contributed by atoms with Crippen LogP contribution in [0.4, 0.5) is 0 Å². The maximum atomic E-state index is 9.27. The van der Waals surface area contributed by atoms with Crippen molar-refractivity contribution < 1.29 is 9.84 Å². The Morgan fingerprint density at radius 2 is 2.36 bits per heavy atom. The average Bonchev–Trinajstić information content (AvgIpc) is 2.37. The second-order valence-electron chi connectivity index (χ2n) is 2.55. The van der Waals surface area contributed by atoms with Crippen molar-refractivity contribution in [2.24, 2.45) is 0 Å². The van der Waals surface area contributed by atoms with Crippen LogP contribution in [0.25, 0.3) is 0 Å². The minimum atomic E-state index is -0.424. The standard InChI is InChI=1S/C8H13NO2/c1-3-6(2)11-8-5-9-4-7(8)10/h3,7-10H,1-2,4-5H2/t7-,8-/m1/s1. The molecule has 0 spiro atoms. The number of rotatable bonds is 3. The predicted octanol–water partition coefficient (Wildman–Crippen LogP) is 0.0354. The second kappa shape index (κ2) is 3.55. The van der Waals surface area contributed by atoms with Crippen molar-refractivity contribution in [3.8, 4) is 0 Å². The molecule has 2 atom stereocenters. The number of aliphatic hydroxyl groups is 1. The third kappa shape index (κ3) is 2.06. The molecule has 0 aromatic carbocycles. The fourth-order valence-corrected chi connectivity index (χ4v) is 1.00. The van der Waals surface area contributed by atoms with Crippen LogP contribution in [-0.4, -0.2) is 30.4 Å². The topological polar surface area (TPSA) is 41.5 Å². The highest BCUT2D eigenvalue weighted by molar-refractivity contribution is 5.03. The Morgan fingerprint density at radius 1 is 1.64 bits per heavy atom. The first-order chi connectivity index (χ1) is 5.24. The molecular weight excluding hydrogens is 142 g/mol. The Hall–Kier alpha value is -0.800. The van der Waals surface area contributed by atoms with E-state index in [4.69, 9.17) is 4.74 Å². The van der Waals surface area contributed by atoms with E-state index < -0.39 is 6.10 Å². The molecule has 1 aliphatic heterocycles. The number of β-amino-alcohol motifs (C(OH)–C–C–N with tert-alkyl or cyclic N) is 1. The molecule has 0 amide bonds. The van der Waals surface area contributed by atoms with E-state index in [1.807, 2.05) is 0 Å². The zero-order chi connectivity index (χ0) is 8.27. The number of nitrogens with one attached hydrogen (secondary N) is 1. The highest BCUT2D eigenvalue weighted by atomic mass is 16.5. The molecule has 1 saturated heterocycles. The maximum Gasteiger partial charge on any atom is 0.138 e. The van der Waals surface area contributed by atoms with Crippen LogP contribution in [0.1, 0.15) is 0 Å². The van der Waals surface area contributed by atoms with Crippen LogP contribution in [0.15, 0.2) is 25.0 Å². The van der Waals surface area contributed by atoms with Gasteiger partial charge in [0.2, 0.25) is 0 Å². The van der Waals surface area contributed by atoms with E-state index in [-0.39, 0.29) is 6.10 Å². The van der Waals surface area contributed by atoms with Gasteiger partial charge in [0.05, 0.1) is 0 Å². The summed E-state index contributed by atoms with van der Waals surface area (Å²) in [5.41, 5.74) is 0. The summed E-state index contributed by atoms with van der Waals surface area (Å²) in [4.78, 5) is 0. The Balaban J connectivity index is 2.36. The molecule has 0 unspecified atom stereocenters. The van der Waals surface area contributed by atoms with Gasteiger partial charge in [-0.05, 0) is 6.08 Å². The molecule has 0 aromatic heterocycles. The Morgan fingerprint density at radius 3 is 2.82 bits per heavy atom. The number of aliphatic hydroxyl groups excluding tert-OH is 1. The zero-order valence-corrected chi connectivity index (χ0v) is 6.42. The van der Waals surface area contributed by atoms with Crippen molar-refractivity contribution in [1.82, 2.24) is 5.32 Å². The van der Waals surface area contributed by atoms with E-state index in [1.165, 1.54) is 6.08 Å². The molecular formula is C8H13NO2. The van der Waals surface area contributed by atoms with Crippen molar-refractivity contribution >= 4 is 0 Å². The van der Waals surface area contributed by atoms with Gasteiger partial charge in [-0.2, -0.15) is 0 Å². The van der Waals surface area contributed by atoms with Crippen molar-refractivity contribution in [1.29, 1.82) is 0 Å². The molecule has 0 bridgehead atoms. The predicted molar refractivity (Wildman–Crippen MR) is 43.1 cm³/mol. The minimum absolute atomic E-state index is 0.166. The van der Waals surface area contributed by atoms with Crippen molar-refractivity contribution in [2.45, 2.75) is 12.2 Å². The quantitative estimate of drug-likeness (QED) is 0.446. The summed E-state index contributed by atoms with van der Waals surface area (Å²) in [7, 11) is 0. The lowest BCUT2D eigenvalue weighted by Crippen LogP contribution is -2.26. The van der Waals surface area contributed by atoms with E-state index in [1.54, 1.807) is 0 Å². The fraction of sp³-hybridized carbons (Fsp3) is 0.500. The Bertz CT molecular complexity index is 167. The van der Waals surface area contributed by atoms with Gasteiger partial charge in [-0.15, -0.1) is 0 Å². The fourth-order valence-electron chi connectivity index (χ4n) is 1.00. The lowest BCUT2D eigenvalue weighted by atomic mass is 10.2. The Labute approximate surface area is 66.4 Å². The SMILES string of the molecule is C=CC(=C)O[C@@H]1CNC[C@H]1O. The van der Waals surface area contributed by atoms with Crippen molar-refractivity contribution in [3.63, 3.8) is 0 Å². The normalized spacial score (nSPS) is 29.9. The summed E-state index contributed by atoms with van der Waals surface area (Å²) < 4.78 is 5.25. The van der Waals surface area contributed by atoms with Gasteiger partial charge in [0.15, 0.2) is 0 Å². The van der Waals surface area contributed by atoms with Gasteiger partial charge in [0.25, 0.3) is 0 Å². The molecule has 0 aliphatic carbocycles. The van der Waals surface area contributed by atoms with Crippen molar-refractivity contribution in [2.75, 3.05) is 13.1 Å². The van der Waals surface area contributed by atoms with Gasteiger partial charge in [-0.3, -0.25) is 0 Å². The molecule has 3 nitrogen and oxygen atoms in total. The van der Waals surface area contributed by atoms with Crippen LogP contribution in [0, 0.1) is 0 Å². The van der Waals surface area contributed by atoms with Crippen LogP contribution in [0.5, 0.6) is 0 Å². The molecule has 3 heteroatoms. The van der Waals surface area contributed by atoms with Gasteiger partial charge in [0, 0.05) is 13.1 Å². The van der Waals surface area contributed by atoms with Gasteiger partial charge in [0.1, 0.15) is 18.0 Å². The summed E-state index contributed by atoms with van der Waals surface area (Å²) in [5.74, 6) is 0.512. The zero-order valence-electron chi connectivity index (χ0n) is 6.42. The molecule has 1 fully saturated rings. The van der Waals surface area contributed by atoms with Crippen molar-refractivity contribution in [3.05, 3.63) is 25.0 Å². The van der Waals surface area contributed by atoms with Gasteiger partial charge in [-0.1, -0.05) is 13.2 Å². The first-order valence-electron chi connectivity index (χ1n) is 3.61. The summed E-state index contributed by atoms with van der Waals surface area (Å²) in [6.45, 7) is 8.36. The van der Waals surface area contributed by atoms with E-state index in [0.717, 1.165) is 0 Å². The Kier molecular flexibility index (Phi) is 2.68. The lowest BCUT2D eigenvalue weighted by molar-refractivity contribution is 0.0351. The first kappa shape index (κ1) is 8.30. The highest BCUT2D eigenvalue weighted by Gasteiger charge is 2.26. The van der Waals surface area contributed by atoms with Gasteiger partial charge >= 0.3 is 0 Å². The van der Waals surface area contributed by atoms with Crippen LogP contribution < -0.4 is 5.32 Å². The third-order valence-corrected chi connectivity index (χ3v) is 1.66. The molecule has 2 N–H and O–H groups in total.